The molecule has 0 aliphatic carbocycles. The van der Waals surface area contributed by atoms with Crippen molar-refractivity contribution in [3.05, 3.63) is 35.4 Å². The van der Waals surface area contributed by atoms with Crippen molar-refractivity contribution in [3.8, 4) is 0 Å². The molecule has 7 heteroatoms. The predicted octanol–water partition coefficient (Wildman–Crippen LogP) is 0.989. The third kappa shape index (κ3) is 4.19. The molecule has 0 radical (unpaired) electrons. The smallest absolute Gasteiger partial charge is 0.335 e. The monoisotopic (exact) mass is 308 g/mol. The minimum Gasteiger partial charge on any atom is -0.478 e. The summed E-state index contributed by atoms with van der Waals surface area (Å²) in [5, 5.41) is 14.3. The van der Waals surface area contributed by atoms with E-state index in [0.29, 0.717) is 26.3 Å². The fraction of sp³-hybridized carbons (Fsp3) is 0.467. The van der Waals surface area contributed by atoms with Crippen molar-refractivity contribution in [3.63, 3.8) is 0 Å². The van der Waals surface area contributed by atoms with Crippen molar-refractivity contribution in [2.24, 2.45) is 0 Å². The molecule has 1 aromatic rings. The number of amides is 2. The average Bonchev–Trinajstić information content (AvgIpc) is 3.01. The predicted molar refractivity (Wildman–Crippen MR) is 78.8 cm³/mol. The van der Waals surface area contributed by atoms with Gasteiger partial charge < -0.3 is 25.2 Å². The van der Waals surface area contributed by atoms with E-state index in [-0.39, 0.29) is 11.6 Å². The molecule has 2 rings (SSSR count). The molecule has 1 saturated heterocycles. The number of methoxy groups -OCH3 is 1. The number of rotatable bonds is 6. The molecule has 1 fully saturated rings. The van der Waals surface area contributed by atoms with Gasteiger partial charge in [-0.2, -0.15) is 0 Å². The Morgan fingerprint density at radius 1 is 1.32 bits per heavy atom. The van der Waals surface area contributed by atoms with Crippen LogP contribution in [0.25, 0.3) is 0 Å². The van der Waals surface area contributed by atoms with Crippen molar-refractivity contribution in [1.82, 2.24) is 10.6 Å². The van der Waals surface area contributed by atoms with Crippen molar-refractivity contribution in [1.29, 1.82) is 0 Å². The molecule has 1 aliphatic heterocycles. The number of aromatic carboxylic acids is 1. The quantitative estimate of drug-likeness (QED) is 0.728. The lowest BCUT2D eigenvalue weighted by atomic mass is 10.0. The molecule has 0 bridgehead atoms. The average molecular weight is 308 g/mol. The summed E-state index contributed by atoms with van der Waals surface area (Å²) in [6, 6.07) is 6.06. The summed E-state index contributed by atoms with van der Waals surface area (Å²) in [5.41, 5.74) is 0.600. The van der Waals surface area contributed by atoms with E-state index < -0.39 is 11.6 Å². The van der Waals surface area contributed by atoms with Crippen LogP contribution in [0.4, 0.5) is 4.79 Å². The van der Waals surface area contributed by atoms with Gasteiger partial charge in [-0.15, -0.1) is 0 Å². The van der Waals surface area contributed by atoms with Gasteiger partial charge in [0.25, 0.3) is 0 Å². The van der Waals surface area contributed by atoms with E-state index in [1.54, 1.807) is 19.2 Å². The van der Waals surface area contributed by atoms with E-state index in [2.05, 4.69) is 10.6 Å². The fourth-order valence-corrected chi connectivity index (χ4v) is 2.21. The van der Waals surface area contributed by atoms with Crippen LogP contribution in [0.1, 0.15) is 22.3 Å². The Kier molecular flexibility index (Phi) is 5.35. The minimum atomic E-state index is -0.971. The maximum absolute atomic E-state index is 11.8. The highest BCUT2D eigenvalue weighted by atomic mass is 16.5. The summed E-state index contributed by atoms with van der Waals surface area (Å²) in [6.07, 6.45) is 0.750. The molecule has 0 saturated carbocycles. The molecular weight excluding hydrogens is 288 g/mol. The Bertz CT molecular complexity index is 523. The van der Waals surface area contributed by atoms with Crippen LogP contribution in [0.15, 0.2) is 24.3 Å². The first-order valence-corrected chi connectivity index (χ1v) is 7.01. The Balaban J connectivity index is 1.76. The third-order valence-corrected chi connectivity index (χ3v) is 3.73. The van der Waals surface area contributed by atoms with E-state index >= 15 is 0 Å². The maximum Gasteiger partial charge on any atom is 0.335 e. The number of carboxylic acid groups (broad SMARTS) is 1. The standard InChI is InChI=1S/C15H20N2O5/c1-21-15(6-7-22-10-15)9-17-14(20)16-8-11-2-4-12(5-3-11)13(18)19/h2-5H,6-10H2,1H3,(H,18,19)(H2,16,17,20). The first-order chi connectivity index (χ1) is 10.5. The van der Waals surface area contributed by atoms with Crippen LogP contribution in [0.3, 0.4) is 0 Å². The zero-order chi connectivity index (χ0) is 16.0. The van der Waals surface area contributed by atoms with Gasteiger partial charge in [0.1, 0.15) is 5.60 Å². The van der Waals surface area contributed by atoms with E-state index in [9.17, 15) is 9.59 Å². The molecule has 1 unspecified atom stereocenters. The molecule has 0 spiro atoms. The fourth-order valence-electron chi connectivity index (χ4n) is 2.21. The number of hydrogen-bond acceptors (Lipinski definition) is 4. The Hall–Kier alpha value is -2.12. The topological polar surface area (TPSA) is 96.9 Å². The second-order valence-electron chi connectivity index (χ2n) is 5.23. The van der Waals surface area contributed by atoms with Gasteiger partial charge in [-0.25, -0.2) is 9.59 Å². The highest BCUT2D eigenvalue weighted by molar-refractivity contribution is 5.87. The number of benzene rings is 1. The molecule has 120 valence electrons. The van der Waals surface area contributed by atoms with Crippen LogP contribution < -0.4 is 10.6 Å². The third-order valence-electron chi connectivity index (χ3n) is 3.73. The normalized spacial score (nSPS) is 20.6. The van der Waals surface area contributed by atoms with Gasteiger partial charge in [-0.1, -0.05) is 12.1 Å². The first kappa shape index (κ1) is 16.3. The van der Waals surface area contributed by atoms with E-state index in [1.807, 2.05) is 0 Å². The molecule has 1 aliphatic rings. The molecular formula is C15H20N2O5. The number of nitrogens with one attached hydrogen (secondary N) is 2. The lowest BCUT2D eigenvalue weighted by molar-refractivity contribution is -0.0137. The van der Waals surface area contributed by atoms with Crippen LogP contribution >= 0.6 is 0 Å². The van der Waals surface area contributed by atoms with E-state index in [0.717, 1.165) is 12.0 Å². The van der Waals surface area contributed by atoms with Crippen molar-refractivity contribution < 1.29 is 24.2 Å². The molecule has 3 N–H and O–H groups in total. The molecule has 1 heterocycles. The Morgan fingerprint density at radius 2 is 2.05 bits per heavy atom. The minimum absolute atomic E-state index is 0.219. The number of hydrogen-bond donors (Lipinski definition) is 3. The second kappa shape index (κ2) is 7.24. The highest BCUT2D eigenvalue weighted by Gasteiger charge is 2.35. The zero-order valence-electron chi connectivity index (χ0n) is 12.4. The maximum atomic E-state index is 11.8. The second-order valence-corrected chi connectivity index (χ2v) is 5.23. The van der Waals surface area contributed by atoms with E-state index in [1.165, 1.54) is 12.1 Å². The van der Waals surface area contributed by atoms with Crippen LogP contribution in [-0.2, 0) is 16.0 Å². The lowest BCUT2D eigenvalue weighted by Crippen LogP contribution is -2.47. The molecule has 22 heavy (non-hydrogen) atoms. The number of carboxylic acids is 1. The van der Waals surface area contributed by atoms with Gasteiger partial charge >= 0.3 is 12.0 Å². The van der Waals surface area contributed by atoms with Crippen LogP contribution in [0.5, 0.6) is 0 Å². The summed E-state index contributed by atoms with van der Waals surface area (Å²) in [7, 11) is 1.61. The van der Waals surface area contributed by atoms with Crippen LogP contribution in [0, 0.1) is 0 Å². The van der Waals surface area contributed by atoms with Crippen molar-refractivity contribution in [2.75, 3.05) is 26.9 Å². The lowest BCUT2D eigenvalue weighted by Gasteiger charge is -2.25. The molecule has 1 atom stereocenters. The molecule has 2 amide bonds. The number of carbonyl (C=O) groups is 2. The summed E-state index contributed by atoms with van der Waals surface area (Å²) in [6.45, 7) is 1.81. The molecule has 0 aromatic heterocycles. The highest BCUT2D eigenvalue weighted by Crippen LogP contribution is 2.21. The number of urea groups is 1. The SMILES string of the molecule is COC1(CNC(=O)NCc2ccc(C(=O)O)cc2)CCOC1. The summed E-state index contributed by atoms with van der Waals surface area (Å²) in [5.74, 6) is -0.971. The zero-order valence-corrected chi connectivity index (χ0v) is 12.4. The number of carbonyl (C=O) groups excluding carboxylic acids is 1. The number of ether oxygens (including phenoxy) is 2. The summed E-state index contributed by atoms with van der Waals surface area (Å²) in [4.78, 5) is 22.5. The van der Waals surface area contributed by atoms with Gasteiger partial charge in [0, 0.05) is 26.7 Å². The van der Waals surface area contributed by atoms with Crippen LogP contribution in [-0.4, -0.2) is 49.6 Å². The first-order valence-electron chi connectivity index (χ1n) is 7.01. The van der Waals surface area contributed by atoms with Gasteiger partial charge in [0.05, 0.1) is 18.7 Å². The van der Waals surface area contributed by atoms with Gasteiger partial charge in [0.15, 0.2) is 0 Å². The van der Waals surface area contributed by atoms with Gasteiger partial charge in [-0.05, 0) is 17.7 Å². The summed E-state index contributed by atoms with van der Waals surface area (Å²) >= 11 is 0. The van der Waals surface area contributed by atoms with Crippen LogP contribution in [0.2, 0.25) is 0 Å². The largest absolute Gasteiger partial charge is 0.478 e. The van der Waals surface area contributed by atoms with Crippen molar-refractivity contribution in [2.45, 2.75) is 18.6 Å². The summed E-state index contributed by atoms with van der Waals surface area (Å²) < 4.78 is 10.7. The van der Waals surface area contributed by atoms with E-state index in [4.69, 9.17) is 14.6 Å². The van der Waals surface area contributed by atoms with Gasteiger partial charge in [-0.3, -0.25) is 0 Å². The van der Waals surface area contributed by atoms with Gasteiger partial charge in [0.2, 0.25) is 0 Å². The van der Waals surface area contributed by atoms with Crippen molar-refractivity contribution >= 4 is 12.0 Å². The Morgan fingerprint density at radius 3 is 2.59 bits per heavy atom. The molecule has 7 nitrogen and oxygen atoms in total. The Labute approximate surface area is 128 Å². The molecule has 1 aromatic carbocycles.